The lowest BCUT2D eigenvalue weighted by molar-refractivity contribution is 0.548. The summed E-state index contributed by atoms with van der Waals surface area (Å²) in [4.78, 5) is 18.4. The number of nitrogens with one attached hydrogen (secondary N) is 1. The largest absolute Gasteiger partial charge is 0.311 e. The molecule has 0 saturated carbocycles. The normalized spacial score (nSPS) is 20.1. The van der Waals surface area contributed by atoms with Gasteiger partial charge in [0, 0.05) is 35.2 Å². The highest BCUT2D eigenvalue weighted by Gasteiger charge is 2.24. The molecule has 0 spiro atoms. The monoisotopic (exact) mass is 299 g/mol. The van der Waals surface area contributed by atoms with Crippen LogP contribution in [-0.2, 0) is 19.5 Å². The smallest absolute Gasteiger partial charge is 0.256 e. The number of thioether (sulfide) groups is 1. The summed E-state index contributed by atoms with van der Waals surface area (Å²) in [6.45, 7) is 2.32. The molecule has 108 valence electrons. The van der Waals surface area contributed by atoms with E-state index in [9.17, 15) is 4.79 Å². The van der Waals surface area contributed by atoms with Crippen molar-refractivity contribution in [3.63, 3.8) is 0 Å². The van der Waals surface area contributed by atoms with E-state index in [1.54, 1.807) is 10.9 Å². The Morgan fingerprint density at radius 2 is 2.29 bits per heavy atom. The Kier molecular flexibility index (Phi) is 3.31. The van der Waals surface area contributed by atoms with Crippen molar-refractivity contribution < 1.29 is 0 Å². The number of benzene rings is 1. The van der Waals surface area contributed by atoms with E-state index in [0.717, 1.165) is 36.5 Å². The molecule has 4 rings (SSSR count). The van der Waals surface area contributed by atoms with Gasteiger partial charge < -0.3 is 5.32 Å². The first-order valence-corrected chi connectivity index (χ1v) is 8.31. The second-order valence-corrected chi connectivity index (χ2v) is 6.66. The van der Waals surface area contributed by atoms with Crippen molar-refractivity contribution in [1.82, 2.24) is 14.9 Å². The van der Waals surface area contributed by atoms with E-state index in [4.69, 9.17) is 0 Å². The minimum absolute atomic E-state index is 0.149. The van der Waals surface area contributed by atoms with Crippen molar-refractivity contribution in [1.29, 1.82) is 0 Å². The summed E-state index contributed by atoms with van der Waals surface area (Å²) >= 11 is 1.88. The minimum atomic E-state index is 0.149. The number of rotatable bonds is 2. The molecule has 2 aromatic rings. The van der Waals surface area contributed by atoms with Gasteiger partial charge in [-0.25, -0.2) is 4.98 Å². The van der Waals surface area contributed by atoms with Gasteiger partial charge >= 0.3 is 0 Å². The molecule has 21 heavy (non-hydrogen) atoms. The maximum absolute atomic E-state index is 12.6. The van der Waals surface area contributed by atoms with E-state index in [0.29, 0.717) is 12.5 Å². The topological polar surface area (TPSA) is 46.9 Å². The highest BCUT2D eigenvalue weighted by Crippen LogP contribution is 2.39. The first-order valence-electron chi connectivity index (χ1n) is 7.32. The SMILES string of the molecule is O=c1c2c(ncn1CC1CSc3ccccc31)CNCC2. The fraction of sp³-hybridized carbons (Fsp3) is 0.375. The summed E-state index contributed by atoms with van der Waals surface area (Å²) in [6, 6.07) is 8.51. The maximum atomic E-state index is 12.6. The van der Waals surface area contributed by atoms with Crippen molar-refractivity contribution in [2.75, 3.05) is 12.3 Å². The summed E-state index contributed by atoms with van der Waals surface area (Å²) in [5, 5.41) is 3.26. The van der Waals surface area contributed by atoms with Crippen LogP contribution in [0, 0.1) is 0 Å². The van der Waals surface area contributed by atoms with Crippen molar-refractivity contribution in [2.45, 2.75) is 30.3 Å². The van der Waals surface area contributed by atoms with Gasteiger partial charge in [-0.1, -0.05) is 18.2 Å². The quantitative estimate of drug-likeness (QED) is 0.918. The molecule has 5 heteroatoms. The third kappa shape index (κ3) is 2.30. The Morgan fingerprint density at radius 1 is 1.38 bits per heavy atom. The Morgan fingerprint density at radius 3 is 3.24 bits per heavy atom. The Labute approximate surface area is 127 Å². The van der Waals surface area contributed by atoms with Crippen LogP contribution >= 0.6 is 11.8 Å². The molecule has 1 atom stereocenters. The van der Waals surface area contributed by atoms with Gasteiger partial charge in [-0.2, -0.15) is 0 Å². The van der Waals surface area contributed by atoms with Crippen LogP contribution in [0.25, 0.3) is 0 Å². The number of aromatic nitrogens is 2. The van der Waals surface area contributed by atoms with Crippen LogP contribution in [0.15, 0.2) is 40.3 Å². The van der Waals surface area contributed by atoms with Gasteiger partial charge in [-0.3, -0.25) is 9.36 Å². The maximum Gasteiger partial charge on any atom is 0.256 e. The minimum Gasteiger partial charge on any atom is -0.311 e. The van der Waals surface area contributed by atoms with Crippen molar-refractivity contribution in [3.8, 4) is 0 Å². The van der Waals surface area contributed by atoms with Gasteiger partial charge in [0.1, 0.15) is 0 Å². The highest BCUT2D eigenvalue weighted by molar-refractivity contribution is 7.99. The van der Waals surface area contributed by atoms with Crippen LogP contribution in [0.4, 0.5) is 0 Å². The third-order valence-corrected chi connectivity index (χ3v) is 5.53. The Balaban J connectivity index is 1.66. The molecule has 0 fully saturated rings. The molecular formula is C16H17N3OS. The average Bonchev–Trinajstić information content (AvgIpc) is 2.94. The lowest BCUT2D eigenvalue weighted by Crippen LogP contribution is -2.35. The molecule has 0 radical (unpaired) electrons. The molecule has 0 bridgehead atoms. The van der Waals surface area contributed by atoms with Crippen molar-refractivity contribution in [3.05, 3.63) is 57.8 Å². The second-order valence-electron chi connectivity index (χ2n) is 5.60. The summed E-state index contributed by atoms with van der Waals surface area (Å²) in [5.41, 5.74) is 3.34. The molecule has 1 N–H and O–H groups in total. The van der Waals surface area contributed by atoms with Gasteiger partial charge in [-0.15, -0.1) is 11.8 Å². The molecule has 1 aromatic carbocycles. The Hall–Kier alpha value is -1.59. The molecule has 1 unspecified atom stereocenters. The lowest BCUT2D eigenvalue weighted by Gasteiger charge is -2.18. The van der Waals surface area contributed by atoms with Gasteiger partial charge in [0.15, 0.2) is 0 Å². The van der Waals surface area contributed by atoms with Gasteiger partial charge in [0.2, 0.25) is 0 Å². The fourth-order valence-corrected chi connectivity index (χ4v) is 4.38. The second kappa shape index (κ2) is 5.31. The molecule has 2 aliphatic heterocycles. The number of nitrogens with zero attached hydrogens (tertiary/aromatic N) is 2. The van der Waals surface area contributed by atoms with Crippen LogP contribution in [0.3, 0.4) is 0 Å². The summed E-state index contributed by atoms with van der Waals surface area (Å²) in [5.74, 6) is 1.45. The third-order valence-electron chi connectivity index (χ3n) is 4.28. The molecular weight excluding hydrogens is 282 g/mol. The Bertz CT molecular complexity index is 741. The average molecular weight is 299 g/mol. The molecule has 0 aliphatic carbocycles. The zero-order chi connectivity index (χ0) is 14.2. The first kappa shape index (κ1) is 13.1. The molecule has 4 nitrogen and oxygen atoms in total. The van der Waals surface area contributed by atoms with Crippen LogP contribution in [0.5, 0.6) is 0 Å². The van der Waals surface area contributed by atoms with Crippen molar-refractivity contribution >= 4 is 11.8 Å². The summed E-state index contributed by atoms with van der Waals surface area (Å²) in [6.07, 6.45) is 2.51. The zero-order valence-electron chi connectivity index (χ0n) is 11.7. The van der Waals surface area contributed by atoms with Crippen LogP contribution in [0.1, 0.15) is 22.7 Å². The van der Waals surface area contributed by atoms with Gasteiger partial charge in [-0.05, 0) is 24.6 Å². The fourth-order valence-electron chi connectivity index (χ4n) is 3.14. The van der Waals surface area contributed by atoms with E-state index in [-0.39, 0.29) is 5.56 Å². The van der Waals surface area contributed by atoms with E-state index in [1.807, 2.05) is 11.8 Å². The van der Waals surface area contributed by atoms with Crippen LogP contribution in [0.2, 0.25) is 0 Å². The predicted molar refractivity (Wildman–Crippen MR) is 83.8 cm³/mol. The van der Waals surface area contributed by atoms with Gasteiger partial charge in [0.05, 0.1) is 12.0 Å². The summed E-state index contributed by atoms with van der Waals surface area (Å²) < 4.78 is 1.80. The standard InChI is InChI=1S/C16H17N3OS/c20-16-13-5-6-17-7-14(13)18-10-19(16)8-11-9-21-15-4-2-1-3-12(11)15/h1-4,10-11,17H,5-9H2. The van der Waals surface area contributed by atoms with Crippen molar-refractivity contribution in [2.24, 2.45) is 0 Å². The zero-order valence-corrected chi connectivity index (χ0v) is 12.5. The van der Waals surface area contributed by atoms with Gasteiger partial charge in [0.25, 0.3) is 5.56 Å². The molecule has 0 saturated heterocycles. The molecule has 1 aromatic heterocycles. The van der Waals surface area contributed by atoms with Crippen LogP contribution < -0.4 is 10.9 Å². The van der Waals surface area contributed by atoms with Crippen LogP contribution in [-0.4, -0.2) is 21.8 Å². The van der Waals surface area contributed by atoms with E-state index in [1.165, 1.54) is 10.5 Å². The predicted octanol–water partition coefficient (Wildman–Crippen LogP) is 1.78. The first-order chi connectivity index (χ1) is 10.3. The highest BCUT2D eigenvalue weighted by atomic mass is 32.2. The molecule has 3 heterocycles. The molecule has 2 aliphatic rings. The van der Waals surface area contributed by atoms with E-state index >= 15 is 0 Å². The molecule has 0 amide bonds. The van der Waals surface area contributed by atoms with E-state index < -0.39 is 0 Å². The number of hydrogen-bond acceptors (Lipinski definition) is 4. The lowest BCUT2D eigenvalue weighted by atomic mass is 10.0. The van der Waals surface area contributed by atoms with E-state index in [2.05, 4.69) is 34.6 Å². The number of fused-ring (bicyclic) bond motifs is 2. The summed E-state index contributed by atoms with van der Waals surface area (Å²) in [7, 11) is 0. The number of hydrogen-bond donors (Lipinski definition) is 1.